The molecule has 8 heteroatoms. The van der Waals surface area contributed by atoms with Crippen molar-refractivity contribution in [3.8, 4) is 0 Å². The lowest BCUT2D eigenvalue weighted by molar-refractivity contribution is -0.137. The van der Waals surface area contributed by atoms with E-state index in [9.17, 15) is 26.4 Å². The van der Waals surface area contributed by atoms with Crippen molar-refractivity contribution in [2.24, 2.45) is 0 Å². The lowest BCUT2D eigenvalue weighted by Gasteiger charge is -2.11. The third-order valence-electron chi connectivity index (χ3n) is 2.88. The summed E-state index contributed by atoms with van der Waals surface area (Å²) in [7, 11) is -4.38. The maximum absolute atomic E-state index is 12.7. The van der Waals surface area contributed by atoms with Crippen LogP contribution in [0.25, 0.3) is 0 Å². The first-order valence-electron chi connectivity index (χ1n) is 5.88. The van der Waals surface area contributed by atoms with Gasteiger partial charge in [0, 0.05) is 0 Å². The van der Waals surface area contributed by atoms with Gasteiger partial charge in [-0.1, -0.05) is 18.2 Å². The topological polar surface area (TPSA) is 71.4 Å². The summed E-state index contributed by atoms with van der Waals surface area (Å²) in [6.45, 7) is 0. The minimum atomic E-state index is -4.70. The number of carboxylic acids is 1. The van der Waals surface area contributed by atoms with Crippen LogP contribution in [0.1, 0.15) is 15.9 Å². The van der Waals surface area contributed by atoms with Gasteiger partial charge in [-0.15, -0.1) is 0 Å². The van der Waals surface area contributed by atoms with E-state index in [2.05, 4.69) is 0 Å². The number of halogens is 3. The predicted molar refractivity (Wildman–Crippen MR) is 70.3 cm³/mol. The lowest BCUT2D eigenvalue weighted by atomic mass is 10.2. The molecule has 0 heterocycles. The summed E-state index contributed by atoms with van der Waals surface area (Å²) < 4.78 is 62.8. The molecule has 0 aliphatic carbocycles. The van der Waals surface area contributed by atoms with E-state index in [0.29, 0.717) is 6.07 Å². The van der Waals surface area contributed by atoms with Crippen LogP contribution in [0.3, 0.4) is 0 Å². The fourth-order valence-corrected chi connectivity index (χ4v) is 3.34. The fourth-order valence-electron chi connectivity index (χ4n) is 1.84. The number of carbonyl (C=O) groups is 1. The van der Waals surface area contributed by atoms with Crippen molar-refractivity contribution in [2.45, 2.75) is 16.0 Å². The molecule has 22 heavy (non-hydrogen) atoms. The van der Waals surface area contributed by atoms with Crippen LogP contribution in [-0.2, 0) is 16.0 Å². The Morgan fingerprint density at radius 1 is 1.00 bits per heavy atom. The number of carboxylic acid groups (broad SMARTS) is 1. The van der Waals surface area contributed by atoms with Gasteiger partial charge in [-0.05, 0) is 30.3 Å². The maximum Gasteiger partial charge on any atom is 0.416 e. The second-order valence-corrected chi connectivity index (χ2v) is 6.25. The molecule has 2 aromatic carbocycles. The first-order chi connectivity index (χ1) is 10.1. The van der Waals surface area contributed by atoms with Gasteiger partial charge in [-0.3, -0.25) is 0 Å². The van der Waals surface area contributed by atoms with Crippen LogP contribution >= 0.6 is 0 Å². The third kappa shape index (κ3) is 2.96. The molecule has 2 rings (SSSR count). The van der Waals surface area contributed by atoms with Crippen molar-refractivity contribution in [3.05, 3.63) is 59.7 Å². The van der Waals surface area contributed by atoms with E-state index in [1.165, 1.54) is 12.1 Å². The number of benzene rings is 2. The van der Waals surface area contributed by atoms with Gasteiger partial charge in [0.1, 0.15) is 0 Å². The van der Waals surface area contributed by atoms with Gasteiger partial charge < -0.3 is 5.11 Å². The highest BCUT2D eigenvalue weighted by molar-refractivity contribution is 7.91. The number of alkyl halides is 3. The minimum Gasteiger partial charge on any atom is -0.478 e. The van der Waals surface area contributed by atoms with Gasteiger partial charge >= 0.3 is 12.1 Å². The van der Waals surface area contributed by atoms with Gasteiger partial charge in [-0.2, -0.15) is 13.2 Å². The lowest BCUT2D eigenvalue weighted by Crippen LogP contribution is -2.11. The zero-order valence-electron chi connectivity index (χ0n) is 10.8. The van der Waals surface area contributed by atoms with Crippen LogP contribution in [-0.4, -0.2) is 19.5 Å². The van der Waals surface area contributed by atoms with E-state index in [0.717, 1.165) is 30.3 Å². The Hall–Kier alpha value is -2.35. The number of rotatable bonds is 3. The Morgan fingerprint density at radius 3 is 2.23 bits per heavy atom. The summed E-state index contributed by atoms with van der Waals surface area (Å²) in [4.78, 5) is 9.91. The summed E-state index contributed by atoms with van der Waals surface area (Å²) in [5.74, 6) is -1.48. The van der Waals surface area contributed by atoms with E-state index in [1.807, 2.05) is 0 Å². The molecule has 0 radical (unpaired) electrons. The van der Waals surface area contributed by atoms with Crippen molar-refractivity contribution in [1.29, 1.82) is 0 Å². The van der Waals surface area contributed by atoms with E-state index < -0.39 is 42.9 Å². The molecular weight excluding hydrogens is 321 g/mol. The summed E-state index contributed by atoms with van der Waals surface area (Å²) >= 11 is 0. The molecule has 1 N–H and O–H groups in total. The Morgan fingerprint density at radius 2 is 1.64 bits per heavy atom. The first-order valence-corrected chi connectivity index (χ1v) is 7.37. The van der Waals surface area contributed by atoms with E-state index in [4.69, 9.17) is 5.11 Å². The Kier molecular flexibility index (Phi) is 3.97. The fraction of sp³-hybridized carbons (Fsp3) is 0.0714. The number of sulfone groups is 1. The average molecular weight is 330 g/mol. The standard InChI is InChI=1S/C14H9F3O4S/c15-14(16,17)9-4-3-5-10(8-9)22(20,21)12-7-2-1-6-11(12)13(18)19/h1-8H,(H,18,19). The minimum absolute atomic E-state index is 0.480. The van der Waals surface area contributed by atoms with Crippen molar-refractivity contribution in [1.82, 2.24) is 0 Å². The summed E-state index contributed by atoms with van der Waals surface area (Å²) in [5, 5.41) is 9.02. The maximum atomic E-state index is 12.7. The molecule has 0 atom stereocenters. The SMILES string of the molecule is O=C(O)c1ccccc1S(=O)(=O)c1cccc(C(F)(F)F)c1. The van der Waals surface area contributed by atoms with E-state index in [-0.39, 0.29) is 0 Å². The van der Waals surface area contributed by atoms with Crippen LogP contribution in [0.4, 0.5) is 13.2 Å². The van der Waals surface area contributed by atoms with Gasteiger partial charge in [0.2, 0.25) is 9.84 Å². The Bertz CT molecular complexity index is 826. The van der Waals surface area contributed by atoms with E-state index in [1.54, 1.807) is 0 Å². The molecule has 0 spiro atoms. The molecular formula is C14H9F3O4S. The molecule has 0 aliphatic heterocycles. The molecule has 2 aromatic rings. The molecule has 0 amide bonds. The highest BCUT2D eigenvalue weighted by Gasteiger charge is 2.32. The zero-order chi connectivity index (χ0) is 16.5. The van der Waals surface area contributed by atoms with Crippen molar-refractivity contribution >= 4 is 15.8 Å². The molecule has 0 aromatic heterocycles. The predicted octanol–water partition coefficient (Wildman–Crippen LogP) is 3.24. The van der Waals surface area contributed by atoms with E-state index >= 15 is 0 Å². The van der Waals surface area contributed by atoms with Gasteiger partial charge in [0.15, 0.2) is 0 Å². The van der Waals surface area contributed by atoms with Crippen LogP contribution in [0, 0.1) is 0 Å². The highest BCUT2D eigenvalue weighted by Crippen LogP contribution is 2.32. The van der Waals surface area contributed by atoms with Crippen molar-refractivity contribution in [3.63, 3.8) is 0 Å². The van der Waals surface area contributed by atoms with Crippen LogP contribution < -0.4 is 0 Å². The van der Waals surface area contributed by atoms with Crippen LogP contribution in [0.5, 0.6) is 0 Å². The monoisotopic (exact) mass is 330 g/mol. The number of hydrogen-bond acceptors (Lipinski definition) is 3. The molecule has 0 bridgehead atoms. The Labute approximate surface area is 123 Å². The molecule has 0 fully saturated rings. The molecule has 116 valence electrons. The smallest absolute Gasteiger partial charge is 0.416 e. The van der Waals surface area contributed by atoms with Crippen LogP contribution in [0.2, 0.25) is 0 Å². The Balaban J connectivity index is 2.65. The largest absolute Gasteiger partial charge is 0.478 e. The first kappa shape index (κ1) is 16.0. The zero-order valence-corrected chi connectivity index (χ0v) is 11.6. The molecule has 0 aliphatic rings. The second-order valence-electron chi connectivity index (χ2n) is 4.33. The van der Waals surface area contributed by atoms with Crippen LogP contribution in [0.15, 0.2) is 58.3 Å². The highest BCUT2D eigenvalue weighted by atomic mass is 32.2. The summed E-state index contributed by atoms with van der Waals surface area (Å²) in [6, 6.07) is 7.90. The quantitative estimate of drug-likeness (QED) is 0.938. The second kappa shape index (κ2) is 5.45. The molecule has 0 saturated heterocycles. The molecule has 4 nitrogen and oxygen atoms in total. The third-order valence-corrected chi connectivity index (χ3v) is 4.69. The summed E-state index contributed by atoms with van der Waals surface area (Å²) in [5.41, 5.74) is -1.62. The number of hydrogen-bond donors (Lipinski definition) is 1. The normalized spacial score (nSPS) is 12.1. The van der Waals surface area contributed by atoms with Gasteiger partial charge in [0.05, 0.1) is 20.9 Å². The number of aromatic carboxylic acids is 1. The van der Waals surface area contributed by atoms with Crippen molar-refractivity contribution in [2.75, 3.05) is 0 Å². The van der Waals surface area contributed by atoms with Gasteiger partial charge in [-0.25, -0.2) is 13.2 Å². The molecule has 0 saturated carbocycles. The van der Waals surface area contributed by atoms with Crippen molar-refractivity contribution < 1.29 is 31.5 Å². The average Bonchev–Trinajstić information content (AvgIpc) is 2.46. The molecule has 0 unspecified atom stereocenters. The summed E-state index contributed by atoms with van der Waals surface area (Å²) in [6.07, 6.45) is -4.70. The van der Waals surface area contributed by atoms with Gasteiger partial charge in [0.25, 0.3) is 0 Å².